The van der Waals surface area contributed by atoms with E-state index < -0.39 is 0 Å². The quantitative estimate of drug-likeness (QED) is 0.524. The van der Waals surface area contributed by atoms with Crippen LogP contribution in [0.2, 0.25) is 0 Å². The van der Waals surface area contributed by atoms with Gasteiger partial charge in [0.15, 0.2) is 0 Å². The second kappa shape index (κ2) is 9.12. The first kappa shape index (κ1) is 16.2. The molecule has 19 heavy (non-hydrogen) atoms. The first-order valence-corrected chi connectivity index (χ1v) is 8.03. The molecule has 1 aromatic carbocycles. The molecule has 1 aromatic rings. The topological polar surface area (TPSA) is 0 Å². The van der Waals surface area contributed by atoms with Gasteiger partial charge in [0.2, 0.25) is 0 Å². The van der Waals surface area contributed by atoms with Crippen LogP contribution in [0.1, 0.15) is 76.0 Å². The zero-order valence-electron chi connectivity index (χ0n) is 12.9. The lowest BCUT2D eigenvalue weighted by atomic mass is 9.90. The highest BCUT2D eigenvalue weighted by atomic mass is 19.1. The van der Waals surface area contributed by atoms with Crippen LogP contribution in [-0.2, 0) is 19.3 Å². The fourth-order valence-corrected chi connectivity index (χ4v) is 2.60. The average Bonchev–Trinajstić information content (AvgIpc) is 2.42. The van der Waals surface area contributed by atoms with E-state index in [4.69, 9.17) is 0 Å². The zero-order chi connectivity index (χ0) is 14.1. The lowest BCUT2D eigenvalue weighted by Gasteiger charge is -2.16. The third kappa shape index (κ3) is 4.97. The van der Waals surface area contributed by atoms with Crippen LogP contribution in [0, 0.1) is 5.82 Å². The standard InChI is InChI=1S/C18H29F/c1-4-7-10-15-13-14-18(19)17(12-9-6-3)16(15)11-8-5-2/h13-14H,4-12H2,1-3H3. The summed E-state index contributed by atoms with van der Waals surface area (Å²) in [5.41, 5.74) is 3.72. The molecule has 0 saturated heterocycles. The number of hydrogen-bond donors (Lipinski definition) is 0. The van der Waals surface area contributed by atoms with Crippen molar-refractivity contribution in [2.45, 2.75) is 78.6 Å². The van der Waals surface area contributed by atoms with E-state index in [0.29, 0.717) is 0 Å². The van der Waals surface area contributed by atoms with Crippen molar-refractivity contribution in [2.75, 3.05) is 0 Å². The molecule has 0 amide bonds. The summed E-state index contributed by atoms with van der Waals surface area (Å²) in [5.74, 6) is 0.0137. The van der Waals surface area contributed by atoms with Crippen LogP contribution in [0.15, 0.2) is 12.1 Å². The number of benzene rings is 1. The second-order valence-electron chi connectivity index (χ2n) is 5.47. The highest BCUT2D eigenvalue weighted by molar-refractivity contribution is 5.37. The Hall–Kier alpha value is -0.850. The fourth-order valence-electron chi connectivity index (χ4n) is 2.60. The lowest BCUT2D eigenvalue weighted by molar-refractivity contribution is 0.594. The average molecular weight is 264 g/mol. The first-order valence-electron chi connectivity index (χ1n) is 8.03. The summed E-state index contributed by atoms with van der Waals surface area (Å²) in [6, 6.07) is 3.71. The van der Waals surface area contributed by atoms with E-state index in [1.165, 1.54) is 36.8 Å². The van der Waals surface area contributed by atoms with Crippen LogP contribution >= 0.6 is 0 Å². The van der Waals surface area contributed by atoms with E-state index in [1.54, 1.807) is 6.07 Å². The molecule has 1 heteroatoms. The number of aryl methyl sites for hydroxylation is 1. The van der Waals surface area contributed by atoms with Crippen molar-refractivity contribution in [3.8, 4) is 0 Å². The Morgan fingerprint density at radius 1 is 0.737 bits per heavy atom. The van der Waals surface area contributed by atoms with Crippen molar-refractivity contribution in [3.63, 3.8) is 0 Å². The molecular weight excluding hydrogens is 235 g/mol. The maximum absolute atomic E-state index is 14.1. The van der Waals surface area contributed by atoms with Gasteiger partial charge < -0.3 is 0 Å². The van der Waals surface area contributed by atoms with Gasteiger partial charge in [0.25, 0.3) is 0 Å². The van der Waals surface area contributed by atoms with E-state index in [0.717, 1.165) is 37.7 Å². The van der Waals surface area contributed by atoms with Gasteiger partial charge in [-0.2, -0.15) is 0 Å². The van der Waals surface area contributed by atoms with Gasteiger partial charge >= 0.3 is 0 Å². The van der Waals surface area contributed by atoms with E-state index in [2.05, 4.69) is 20.8 Å². The molecule has 1 rings (SSSR count). The minimum absolute atomic E-state index is 0.0137. The fraction of sp³-hybridized carbons (Fsp3) is 0.667. The molecule has 0 spiro atoms. The molecule has 0 heterocycles. The SMILES string of the molecule is CCCCc1ccc(F)c(CCCC)c1CCCC. The van der Waals surface area contributed by atoms with Gasteiger partial charge in [-0.3, -0.25) is 0 Å². The number of hydrogen-bond acceptors (Lipinski definition) is 0. The molecule has 0 aromatic heterocycles. The van der Waals surface area contributed by atoms with Crippen molar-refractivity contribution in [3.05, 3.63) is 34.6 Å². The van der Waals surface area contributed by atoms with E-state index >= 15 is 0 Å². The molecular formula is C18H29F. The van der Waals surface area contributed by atoms with Crippen LogP contribution < -0.4 is 0 Å². The minimum atomic E-state index is 0.0137. The molecule has 0 atom stereocenters. The predicted octanol–water partition coefficient (Wildman–Crippen LogP) is 5.85. The number of unbranched alkanes of at least 4 members (excludes halogenated alkanes) is 3. The van der Waals surface area contributed by atoms with E-state index in [-0.39, 0.29) is 5.82 Å². The summed E-state index contributed by atoms with van der Waals surface area (Å²) in [6.07, 6.45) is 10.0. The van der Waals surface area contributed by atoms with Crippen molar-refractivity contribution >= 4 is 0 Å². The highest BCUT2D eigenvalue weighted by Crippen LogP contribution is 2.24. The number of rotatable bonds is 9. The molecule has 0 unspecified atom stereocenters. The van der Waals surface area contributed by atoms with E-state index in [1.807, 2.05) is 6.07 Å². The second-order valence-corrected chi connectivity index (χ2v) is 5.47. The smallest absolute Gasteiger partial charge is 0.126 e. The van der Waals surface area contributed by atoms with Crippen LogP contribution in [0.4, 0.5) is 4.39 Å². The summed E-state index contributed by atoms with van der Waals surface area (Å²) < 4.78 is 14.1. The largest absolute Gasteiger partial charge is 0.207 e. The first-order chi connectivity index (χ1) is 9.24. The monoisotopic (exact) mass is 264 g/mol. The van der Waals surface area contributed by atoms with Crippen LogP contribution in [0.5, 0.6) is 0 Å². The van der Waals surface area contributed by atoms with Gasteiger partial charge in [0.1, 0.15) is 5.82 Å². The summed E-state index contributed by atoms with van der Waals surface area (Å²) >= 11 is 0. The summed E-state index contributed by atoms with van der Waals surface area (Å²) in [4.78, 5) is 0. The van der Waals surface area contributed by atoms with Gasteiger partial charge in [-0.15, -0.1) is 0 Å². The van der Waals surface area contributed by atoms with Gasteiger partial charge in [-0.05, 0) is 61.3 Å². The van der Waals surface area contributed by atoms with E-state index in [9.17, 15) is 4.39 Å². The van der Waals surface area contributed by atoms with Crippen molar-refractivity contribution < 1.29 is 4.39 Å². The van der Waals surface area contributed by atoms with Crippen molar-refractivity contribution in [1.82, 2.24) is 0 Å². The molecule has 108 valence electrons. The molecule has 0 N–H and O–H groups in total. The van der Waals surface area contributed by atoms with Crippen molar-refractivity contribution in [2.24, 2.45) is 0 Å². The molecule has 0 fully saturated rings. The molecule has 0 saturated carbocycles. The zero-order valence-corrected chi connectivity index (χ0v) is 12.9. The van der Waals surface area contributed by atoms with Gasteiger partial charge in [-0.25, -0.2) is 4.39 Å². The normalized spacial score (nSPS) is 10.9. The van der Waals surface area contributed by atoms with Crippen LogP contribution in [-0.4, -0.2) is 0 Å². The molecule has 0 aliphatic rings. The third-order valence-corrected chi connectivity index (χ3v) is 3.83. The van der Waals surface area contributed by atoms with Gasteiger partial charge in [0, 0.05) is 0 Å². The molecule has 0 aliphatic carbocycles. The Balaban J connectivity index is 3.00. The maximum atomic E-state index is 14.1. The molecule has 0 bridgehead atoms. The summed E-state index contributed by atoms with van der Waals surface area (Å²) in [5, 5.41) is 0. The van der Waals surface area contributed by atoms with Gasteiger partial charge in [-0.1, -0.05) is 46.1 Å². The maximum Gasteiger partial charge on any atom is 0.126 e. The Kier molecular flexibility index (Phi) is 7.78. The molecule has 0 radical (unpaired) electrons. The highest BCUT2D eigenvalue weighted by Gasteiger charge is 2.12. The van der Waals surface area contributed by atoms with Crippen LogP contribution in [0.25, 0.3) is 0 Å². The Bertz CT molecular complexity index is 368. The van der Waals surface area contributed by atoms with Gasteiger partial charge in [0.05, 0.1) is 0 Å². The predicted molar refractivity (Wildman–Crippen MR) is 82.2 cm³/mol. The molecule has 0 nitrogen and oxygen atoms in total. The minimum Gasteiger partial charge on any atom is -0.207 e. The summed E-state index contributed by atoms with van der Waals surface area (Å²) in [7, 11) is 0. The van der Waals surface area contributed by atoms with Crippen molar-refractivity contribution in [1.29, 1.82) is 0 Å². The lowest BCUT2D eigenvalue weighted by Crippen LogP contribution is -2.04. The summed E-state index contributed by atoms with van der Waals surface area (Å²) in [6.45, 7) is 6.59. The Labute approximate surface area is 118 Å². The third-order valence-electron chi connectivity index (χ3n) is 3.83. The number of halogens is 1. The van der Waals surface area contributed by atoms with Crippen LogP contribution in [0.3, 0.4) is 0 Å². The molecule has 0 aliphatic heterocycles. The Morgan fingerprint density at radius 2 is 1.26 bits per heavy atom. The Morgan fingerprint density at radius 3 is 1.84 bits per heavy atom.